The van der Waals surface area contributed by atoms with Gasteiger partial charge < -0.3 is 29.5 Å². The molecule has 0 saturated carbocycles. The highest BCUT2D eigenvalue weighted by Gasteiger charge is 2.18. The van der Waals surface area contributed by atoms with Crippen LogP contribution in [0.1, 0.15) is 26.3 Å². The molecule has 0 radical (unpaired) electrons. The van der Waals surface area contributed by atoms with Gasteiger partial charge in [0.1, 0.15) is 12.4 Å². The zero-order chi connectivity index (χ0) is 21.6. The van der Waals surface area contributed by atoms with Gasteiger partial charge in [0.05, 0.1) is 13.2 Å². The monoisotopic (exact) mass is 410 g/mol. The summed E-state index contributed by atoms with van der Waals surface area (Å²) >= 11 is 0. The van der Waals surface area contributed by atoms with E-state index in [1.807, 2.05) is 12.1 Å². The first kappa shape index (κ1) is 24.7. The molecule has 1 unspecified atom stereocenters. The number of carbonyl (C=O) groups excluding carboxylic acids is 1. The second-order valence-electron chi connectivity index (χ2n) is 7.04. The molecule has 0 heterocycles. The van der Waals surface area contributed by atoms with Crippen LogP contribution in [0, 0.1) is 5.92 Å². The van der Waals surface area contributed by atoms with Crippen LogP contribution in [0.25, 0.3) is 0 Å². The number of hydrogen-bond acceptors (Lipinski definition) is 5. The SMILES string of the molecule is CCOC(Cc1ccc(OCCN(CC(C)C)C(=O)NCCOC)cc1)C(=O)O. The van der Waals surface area contributed by atoms with E-state index in [1.165, 1.54) is 0 Å². The number of carboxylic acid groups (broad SMARTS) is 1. The maximum Gasteiger partial charge on any atom is 0.333 e. The maximum absolute atomic E-state index is 12.3. The molecule has 1 aromatic rings. The molecule has 0 saturated heterocycles. The normalized spacial score (nSPS) is 11.9. The summed E-state index contributed by atoms with van der Waals surface area (Å²) in [5, 5.41) is 12.0. The van der Waals surface area contributed by atoms with Crippen molar-refractivity contribution in [1.29, 1.82) is 0 Å². The van der Waals surface area contributed by atoms with Gasteiger partial charge in [0, 0.05) is 33.2 Å². The number of rotatable bonds is 14. The lowest BCUT2D eigenvalue weighted by Gasteiger charge is -2.25. The predicted octanol–water partition coefficient (Wildman–Crippen LogP) is 2.41. The van der Waals surface area contributed by atoms with Gasteiger partial charge in [0.15, 0.2) is 6.10 Å². The lowest BCUT2D eigenvalue weighted by atomic mass is 10.1. The van der Waals surface area contributed by atoms with Crippen LogP contribution in [0.3, 0.4) is 0 Å². The van der Waals surface area contributed by atoms with E-state index < -0.39 is 12.1 Å². The van der Waals surface area contributed by atoms with Crippen LogP contribution >= 0.6 is 0 Å². The van der Waals surface area contributed by atoms with Crippen molar-refractivity contribution in [2.75, 3.05) is 46.6 Å². The lowest BCUT2D eigenvalue weighted by molar-refractivity contribution is -0.149. The number of urea groups is 1. The van der Waals surface area contributed by atoms with Crippen LogP contribution < -0.4 is 10.1 Å². The molecule has 0 aliphatic rings. The molecule has 0 aliphatic heterocycles. The Hall–Kier alpha value is -2.32. The van der Waals surface area contributed by atoms with Crippen molar-refractivity contribution < 1.29 is 28.9 Å². The maximum atomic E-state index is 12.3. The average molecular weight is 411 g/mol. The zero-order valence-electron chi connectivity index (χ0n) is 17.8. The van der Waals surface area contributed by atoms with Crippen molar-refractivity contribution in [3.8, 4) is 5.75 Å². The number of nitrogens with zero attached hydrogens (tertiary/aromatic N) is 1. The van der Waals surface area contributed by atoms with E-state index in [2.05, 4.69) is 19.2 Å². The average Bonchev–Trinajstić information content (AvgIpc) is 2.67. The summed E-state index contributed by atoms with van der Waals surface area (Å²) in [4.78, 5) is 25.2. The van der Waals surface area contributed by atoms with Gasteiger partial charge in [-0.2, -0.15) is 0 Å². The largest absolute Gasteiger partial charge is 0.492 e. The number of aliphatic carboxylic acids is 1. The highest BCUT2D eigenvalue weighted by atomic mass is 16.5. The molecule has 1 atom stereocenters. The standard InChI is InChI=1S/C21H34N2O6/c1-5-28-19(20(24)25)14-17-6-8-18(9-7-17)29-13-11-23(15-16(2)3)21(26)22-10-12-27-4/h6-9,16,19H,5,10-15H2,1-4H3,(H,22,26)(H,24,25). The van der Waals surface area contributed by atoms with E-state index in [-0.39, 0.29) is 6.03 Å². The molecule has 0 fully saturated rings. The Bertz CT molecular complexity index is 606. The molecule has 0 aromatic heterocycles. The van der Waals surface area contributed by atoms with Crippen molar-refractivity contribution in [2.24, 2.45) is 5.92 Å². The fourth-order valence-electron chi connectivity index (χ4n) is 2.72. The van der Waals surface area contributed by atoms with Crippen LogP contribution in [-0.2, 0) is 20.7 Å². The van der Waals surface area contributed by atoms with Crippen molar-refractivity contribution in [2.45, 2.75) is 33.3 Å². The minimum atomic E-state index is -0.971. The van der Waals surface area contributed by atoms with Gasteiger partial charge in [-0.3, -0.25) is 0 Å². The summed E-state index contributed by atoms with van der Waals surface area (Å²) in [6.45, 7) is 8.63. The number of nitrogens with one attached hydrogen (secondary N) is 1. The van der Waals surface area contributed by atoms with Crippen LogP contribution in [-0.4, -0.2) is 74.7 Å². The summed E-state index contributed by atoms with van der Waals surface area (Å²) in [6.07, 6.45) is -0.555. The third kappa shape index (κ3) is 10.1. The first-order chi connectivity index (χ1) is 13.9. The topological polar surface area (TPSA) is 97.3 Å². The van der Waals surface area contributed by atoms with E-state index in [9.17, 15) is 9.59 Å². The lowest BCUT2D eigenvalue weighted by Crippen LogP contribution is -2.44. The number of carbonyl (C=O) groups is 2. The number of methoxy groups -OCH3 is 1. The highest BCUT2D eigenvalue weighted by molar-refractivity contribution is 5.74. The molecule has 0 aliphatic carbocycles. The van der Waals surface area contributed by atoms with Gasteiger partial charge in [-0.1, -0.05) is 26.0 Å². The number of ether oxygens (including phenoxy) is 3. The molecule has 0 bridgehead atoms. The molecule has 2 amide bonds. The van der Waals surface area contributed by atoms with Crippen LogP contribution in [0.5, 0.6) is 5.75 Å². The van der Waals surface area contributed by atoms with Crippen LogP contribution in [0.4, 0.5) is 4.79 Å². The first-order valence-corrected chi connectivity index (χ1v) is 9.95. The molecule has 1 rings (SSSR count). The number of amides is 2. The van der Waals surface area contributed by atoms with Crippen molar-refractivity contribution >= 4 is 12.0 Å². The Kier molecular flexibility index (Phi) is 11.8. The van der Waals surface area contributed by atoms with Gasteiger partial charge in [0.25, 0.3) is 0 Å². The summed E-state index contributed by atoms with van der Waals surface area (Å²) < 4.78 is 15.9. The fourth-order valence-corrected chi connectivity index (χ4v) is 2.72. The molecular formula is C21H34N2O6. The van der Waals surface area contributed by atoms with Crippen molar-refractivity contribution in [3.63, 3.8) is 0 Å². The van der Waals surface area contributed by atoms with Gasteiger partial charge in [-0.25, -0.2) is 9.59 Å². The highest BCUT2D eigenvalue weighted by Crippen LogP contribution is 2.15. The van der Waals surface area contributed by atoms with Crippen LogP contribution in [0.15, 0.2) is 24.3 Å². The summed E-state index contributed by atoms with van der Waals surface area (Å²) in [6, 6.07) is 7.11. The second-order valence-corrected chi connectivity index (χ2v) is 7.04. The third-order valence-electron chi connectivity index (χ3n) is 4.07. The Morgan fingerprint density at radius 2 is 1.86 bits per heavy atom. The molecule has 0 spiro atoms. The van der Waals surface area contributed by atoms with E-state index in [0.29, 0.717) is 57.5 Å². The predicted molar refractivity (Wildman–Crippen MR) is 110 cm³/mol. The summed E-state index contributed by atoms with van der Waals surface area (Å²) in [5.41, 5.74) is 0.858. The number of benzene rings is 1. The van der Waals surface area contributed by atoms with Crippen LogP contribution in [0.2, 0.25) is 0 Å². The molecule has 1 aromatic carbocycles. The van der Waals surface area contributed by atoms with Crippen molar-refractivity contribution in [3.05, 3.63) is 29.8 Å². The number of carboxylic acids is 1. The van der Waals surface area contributed by atoms with Gasteiger partial charge >= 0.3 is 12.0 Å². The molecular weight excluding hydrogens is 376 g/mol. The van der Waals surface area contributed by atoms with E-state index >= 15 is 0 Å². The van der Waals surface area contributed by atoms with E-state index in [4.69, 9.17) is 19.3 Å². The van der Waals surface area contributed by atoms with E-state index in [0.717, 1.165) is 5.56 Å². The fraction of sp³-hybridized carbons (Fsp3) is 0.619. The zero-order valence-corrected chi connectivity index (χ0v) is 17.8. The molecule has 8 nitrogen and oxygen atoms in total. The molecule has 164 valence electrons. The van der Waals surface area contributed by atoms with Gasteiger partial charge in [-0.05, 0) is 30.5 Å². The summed E-state index contributed by atoms with van der Waals surface area (Å²) in [7, 11) is 1.59. The summed E-state index contributed by atoms with van der Waals surface area (Å²) in [5.74, 6) is 0.0394. The molecule has 8 heteroatoms. The smallest absolute Gasteiger partial charge is 0.333 e. The Labute approximate surface area is 173 Å². The molecule has 2 N–H and O–H groups in total. The quantitative estimate of drug-likeness (QED) is 0.457. The minimum absolute atomic E-state index is 0.134. The Balaban J connectivity index is 2.53. The number of hydrogen-bond donors (Lipinski definition) is 2. The van der Waals surface area contributed by atoms with Gasteiger partial charge in [-0.15, -0.1) is 0 Å². The Morgan fingerprint density at radius 3 is 2.41 bits per heavy atom. The van der Waals surface area contributed by atoms with Gasteiger partial charge in [0.2, 0.25) is 0 Å². The molecule has 29 heavy (non-hydrogen) atoms. The van der Waals surface area contributed by atoms with Crippen molar-refractivity contribution in [1.82, 2.24) is 10.2 Å². The van der Waals surface area contributed by atoms with E-state index in [1.54, 1.807) is 31.1 Å². The third-order valence-corrected chi connectivity index (χ3v) is 4.07. The first-order valence-electron chi connectivity index (χ1n) is 9.95. The Morgan fingerprint density at radius 1 is 1.17 bits per heavy atom. The second kappa shape index (κ2) is 13.8. The minimum Gasteiger partial charge on any atom is -0.492 e.